The fraction of sp³-hybridized carbons (Fsp3) is 0.250. The Morgan fingerprint density at radius 1 is 1.41 bits per heavy atom. The number of halogens is 1. The summed E-state index contributed by atoms with van der Waals surface area (Å²) in [6.45, 7) is 3.76. The van der Waals surface area contributed by atoms with Crippen molar-refractivity contribution < 1.29 is 19.1 Å². The predicted octanol–water partition coefficient (Wildman–Crippen LogP) is 3.68. The third-order valence-corrected chi connectivity index (χ3v) is 2.57. The van der Waals surface area contributed by atoms with E-state index in [4.69, 9.17) is 14.3 Å². The Labute approximate surface area is 106 Å². The molecule has 0 bridgehead atoms. The number of furan rings is 1. The monoisotopic (exact) mass is 298 g/mol. The minimum atomic E-state index is -1.00. The van der Waals surface area contributed by atoms with E-state index in [1.54, 1.807) is 12.1 Å². The van der Waals surface area contributed by atoms with E-state index in [1.165, 1.54) is 6.07 Å². The minimum absolute atomic E-state index is 0.0208. The average molecular weight is 299 g/mol. The van der Waals surface area contributed by atoms with Crippen LogP contribution < -0.4 is 4.74 Å². The van der Waals surface area contributed by atoms with Crippen LogP contribution in [0.5, 0.6) is 5.75 Å². The van der Waals surface area contributed by atoms with Crippen LogP contribution in [-0.2, 0) is 0 Å². The Balaban J connectivity index is 2.62. The summed E-state index contributed by atoms with van der Waals surface area (Å²) in [7, 11) is 0. The highest BCUT2D eigenvalue weighted by Gasteiger charge is 2.15. The molecule has 0 spiro atoms. The van der Waals surface area contributed by atoms with Crippen molar-refractivity contribution in [1.82, 2.24) is 0 Å². The number of ether oxygens (including phenoxy) is 1. The molecule has 1 aromatic heterocycles. The van der Waals surface area contributed by atoms with Crippen LogP contribution in [0.4, 0.5) is 0 Å². The standard InChI is InChI=1S/C12H11BrO4/c1-6(2)16-7-3-9(12(14)15)8-5-11(13)17-10(8)4-7/h3-6H,1-2H3,(H,14,15). The molecule has 2 aromatic rings. The molecule has 1 heterocycles. The first kappa shape index (κ1) is 12.0. The molecule has 0 aliphatic rings. The van der Waals surface area contributed by atoms with E-state index in [9.17, 15) is 4.79 Å². The third kappa shape index (κ3) is 2.44. The van der Waals surface area contributed by atoms with Gasteiger partial charge >= 0.3 is 5.97 Å². The SMILES string of the molecule is CC(C)Oc1cc(C(=O)O)c2cc(Br)oc2c1. The van der Waals surface area contributed by atoms with Crippen LogP contribution in [0, 0.1) is 0 Å². The number of carboxylic acids is 1. The first-order chi connectivity index (χ1) is 7.97. The van der Waals surface area contributed by atoms with Crippen LogP contribution in [0.1, 0.15) is 24.2 Å². The summed E-state index contributed by atoms with van der Waals surface area (Å²) in [6.07, 6.45) is -0.0208. The smallest absolute Gasteiger partial charge is 0.336 e. The van der Waals surface area contributed by atoms with E-state index < -0.39 is 5.97 Å². The molecule has 0 aliphatic carbocycles. The quantitative estimate of drug-likeness (QED) is 0.939. The van der Waals surface area contributed by atoms with Gasteiger partial charge in [-0.05, 0) is 41.9 Å². The molecular formula is C12H11BrO4. The molecule has 17 heavy (non-hydrogen) atoms. The molecule has 90 valence electrons. The summed E-state index contributed by atoms with van der Waals surface area (Å²) in [6, 6.07) is 4.83. The van der Waals surface area contributed by atoms with Crippen molar-refractivity contribution in [2.24, 2.45) is 0 Å². The number of fused-ring (bicyclic) bond motifs is 1. The van der Waals surface area contributed by atoms with Crippen molar-refractivity contribution in [2.45, 2.75) is 20.0 Å². The van der Waals surface area contributed by atoms with Gasteiger partial charge in [-0.2, -0.15) is 0 Å². The normalized spacial score (nSPS) is 11.1. The van der Waals surface area contributed by atoms with Crippen LogP contribution >= 0.6 is 15.9 Å². The van der Waals surface area contributed by atoms with E-state index in [0.717, 1.165) is 0 Å². The van der Waals surface area contributed by atoms with E-state index in [-0.39, 0.29) is 11.7 Å². The highest BCUT2D eigenvalue weighted by molar-refractivity contribution is 9.10. The lowest BCUT2D eigenvalue weighted by molar-refractivity contribution is 0.0698. The molecule has 0 radical (unpaired) electrons. The summed E-state index contributed by atoms with van der Waals surface area (Å²) >= 11 is 3.18. The Kier molecular flexibility index (Phi) is 3.11. The maximum atomic E-state index is 11.1. The predicted molar refractivity (Wildman–Crippen MR) is 66.6 cm³/mol. The van der Waals surface area contributed by atoms with Crippen molar-refractivity contribution in [3.05, 3.63) is 28.4 Å². The molecule has 0 saturated carbocycles. The Morgan fingerprint density at radius 2 is 2.12 bits per heavy atom. The van der Waals surface area contributed by atoms with Gasteiger partial charge in [-0.1, -0.05) is 0 Å². The molecule has 0 amide bonds. The maximum absolute atomic E-state index is 11.1. The highest BCUT2D eigenvalue weighted by Crippen LogP contribution is 2.31. The molecule has 1 aromatic carbocycles. The van der Waals surface area contributed by atoms with Gasteiger partial charge in [0, 0.05) is 11.5 Å². The second-order valence-corrected chi connectivity index (χ2v) is 4.69. The number of hydrogen-bond acceptors (Lipinski definition) is 3. The summed E-state index contributed by atoms with van der Waals surface area (Å²) < 4.78 is 11.3. The van der Waals surface area contributed by atoms with Crippen LogP contribution in [0.2, 0.25) is 0 Å². The molecule has 0 fully saturated rings. The Bertz CT molecular complexity index is 571. The molecule has 0 unspecified atom stereocenters. The Hall–Kier alpha value is -1.49. The van der Waals surface area contributed by atoms with E-state index >= 15 is 0 Å². The number of aromatic carboxylic acids is 1. The van der Waals surface area contributed by atoms with Gasteiger partial charge in [-0.15, -0.1) is 0 Å². The van der Waals surface area contributed by atoms with E-state index in [1.807, 2.05) is 13.8 Å². The van der Waals surface area contributed by atoms with E-state index in [2.05, 4.69) is 15.9 Å². The van der Waals surface area contributed by atoms with Crippen molar-refractivity contribution in [2.75, 3.05) is 0 Å². The van der Waals surface area contributed by atoms with Gasteiger partial charge in [-0.25, -0.2) is 4.79 Å². The van der Waals surface area contributed by atoms with Crippen LogP contribution in [0.3, 0.4) is 0 Å². The first-order valence-corrected chi connectivity index (χ1v) is 5.89. The van der Waals surface area contributed by atoms with Crippen molar-refractivity contribution >= 4 is 32.9 Å². The van der Waals surface area contributed by atoms with Crippen molar-refractivity contribution in [3.8, 4) is 5.75 Å². The summed E-state index contributed by atoms with van der Waals surface area (Å²) in [5.74, 6) is -0.510. The molecule has 0 atom stereocenters. The van der Waals surface area contributed by atoms with Gasteiger partial charge in [0.25, 0.3) is 0 Å². The second kappa shape index (κ2) is 4.41. The number of carboxylic acid groups (broad SMARTS) is 1. The van der Waals surface area contributed by atoms with Gasteiger partial charge in [0.2, 0.25) is 0 Å². The van der Waals surface area contributed by atoms with Crippen molar-refractivity contribution in [3.63, 3.8) is 0 Å². The largest absolute Gasteiger partial charge is 0.491 e. The summed E-state index contributed by atoms with van der Waals surface area (Å²) in [5.41, 5.74) is 0.667. The maximum Gasteiger partial charge on any atom is 0.336 e. The zero-order valence-corrected chi connectivity index (χ0v) is 10.9. The molecular weight excluding hydrogens is 288 g/mol. The van der Waals surface area contributed by atoms with E-state index in [0.29, 0.717) is 21.4 Å². The van der Waals surface area contributed by atoms with Crippen LogP contribution in [0.25, 0.3) is 11.0 Å². The number of rotatable bonds is 3. The lowest BCUT2D eigenvalue weighted by atomic mass is 10.1. The molecule has 0 aliphatic heterocycles. The lowest BCUT2D eigenvalue weighted by Gasteiger charge is -2.10. The fourth-order valence-corrected chi connectivity index (χ4v) is 2.00. The molecule has 4 nitrogen and oxygen atoms in total. The molecule has 5 heteroatoms. The van der Waals surface area contributed by atoms with Gasteiger partial charge in [-0.3, -0.25) is 0 Å². The van der Waals surface area contributed by atoms with Gasteiger partial charge in [0.1, 0.15) is 11.3 Å². The number of hydrogen-bond donors (Lipinski definition) is 1. The Morgan fingerprint density at radius 3 is 2.71 bits per heavy atom. The zero-order chi connectivity index (χ0) is 12.6. The number of carbonyl (C=O) groups is 1. The minimum Gasteiger partial charge on any atom is -0.491 e. The zero-order valence-electron chi connectivity index (χ0n) is 9.36. The summed E-state index contributed by atoms with van der Waals surface area (Å²) in [4.78, 5) is 11.1. The fourth-order valence-electron chi connectivity index (χ4n) is 1.60. The average Bonchev–Trinajstić information content (AvgIpc) is 2.55. The number of benzene rings is 1. The lowest BCUT2D eigenvalue weighted by Crippen LogP contribution is -2.06. The van der Waals surface area contributed by atoms with Crippen LogP contribution in [0.15, 0.2) is 27.3 Å². The highest BCUT2D eigenvalue weighted by atomic mass is 79.9. The molecule has 1 N–H and O–H groups in total. The van der Waals surface area contributed by atoms with Crippen LogP contribution in [-0.4, -0.2) is 17.2 Å². The van der Waals surface area contributed by atoms with Gasteiger partial charge < -0.3 is 14.3 Å². The first-order valence-electron chi connectivity index (χ1n) is 5.10. The molecule has 2 rings (SSSR count). The second-order valence-electron chi connectivity index (χ2n) is 3.90. The topological polar surface area (TPSA) is 59.7 Å². The van der Waals surface area contributed by atoms with Gasteiger partial charge in [0.05, 0.1) is 11.7 Å². The van der Waals surface area contributed by atoms with Crippen molar-refractivity contribution in [1.29, 1.82) is 0 Å². The van der Waals surface area contributed by atoms with Gasteiger partial charge in [0.15, 0.2) is 4.67 Å². The third-order valence-electron chi connectivity index (χ3n) is 2.18. The summed E-state index contributed by atoms with van der Waals surface area (Å²) in [5, 5.41) is 9.69. The molecule has 0 saturated heterocycles.